The van der Waals surface area contributed by atoms with E-state index in [2.05, 4.69) is 15.5 Å². The van der Waals surface area contributed by atoms with Crippen LogP contribution in [0, 0.1) is 0 Å². The minimum absolute atomic E-state index is 0.312. The first-order valence-electron chi connectivity index (χ1n) is 9.00. The summed E-state index contributed by atoms with van der Waals surface area (Å²) in [4.78, 5) is 17.4. The van der Waals surface area contributed by atoms with E-state index in [1.165, 1.54) is 38.9 Å². The van der Waals surface area contributed by atoms with Gasteiger partial charge in [0, 0.05) is 11.8 Å². The smallest absolute Gasteiger partial charge is 0.271 e. The molecule has 0 aliphatic carbocycles. The highest BCUT2D eigenvalue weighted by Crippen LogP contribution is 2.38. The van der Waals surface area contributed by atoms with Crippen molar-refractivity contribution >= 4 is 35.1 Å². The van der Waals surface area contributed by atoms with Crippen molar-refractivity contribution in [1.29, 1.82) is 0 Å². The molecule has 0 bridgehead atoms. The van der Waals surface area contributed by atoms with Crippen LogP contribution >= 0.6 is 22.9 Å². The number of carbonyl (C=O) groups excluding carboxylic acids is 1. The number of thiazole rings is 1. The van der Waals surface area contributed by atoms with Crippen LogP contribution in [0.1, 0.15) is 20.8 Å². The van der Waals surface area contributed by atoms with E-state index in [0.717, 1.165) is 10.4 Å². The van der Waals surface area contributed by atoms with E-state index in [1.54, 1.807) is 24.4 Å². The van der Waals surface area contributed by atoms with Crippen molar-refractivity contribution in [2.75, 3.05) is 21.3 Å². The van der Waals surface area contributed by atoms with E-state index in [4.69, 9.17) is 30.5 Å². The highest BCUT2D eigenvalue weighted by Gasteiger charge is 2.16. The molecule has 0 aliphatic heterocycles. The van der Waals surface area contributed by atoms with Gasteiger partial charge in [-0.05, 0) is 29.8 Å². The summed E-state index contributed by atoms with van der Waals surface area (Å²) in [6.07, 6.45) is 3.20. The van der Waals surface area contributed by atoms with Gasteiger partial charge in [0.25, 0.3) is 5.91 Å². The van der Waals surface area contributed by atoms with E-state index in [9.17, 15) is 4.79 Å². The van der Waals surface area contributed by atoms with E-state index in [0.29, 0.717) is 39.6 Å². The maximum Gasteiger partial charge on any atom is 0.271 e. The molecule has 8 nitrogen and oxygen atoms in total. The van der Waals surface area contributed by atoms with Crippen molar-refractivity contribution in [1.82, 2.24) is 10.4 Å². The quantitative estimate of drug-likeness (QED) is 0.380. The Hall–Kier alpha value is -3.30. The average Bonchev–Trinajstić information content (AvgIpc) is 3.21. The number of halogens is 1. The topological polar surface area (TPSA) is 91.3 Å². The Bertz CT molecular complexity index is 1060. The number of methoxy groups -OCH3 is 3. The molecular formula is C21H20ClN3O5S. The first kappa shape index (κ1) is 22.4. The Kier molecular flexibility index (Phi) is 7.69. The van der Waals surface area contributed by atoms with Gasteiger partial charge in [-0.1, -0.05) is 23.7 Å². The third kappa shape index (κ3) is 5.87. The normalized spacial score (nSPS) is 10.7. The molecule has 2 aromatic carbocycles. The van der Waals surface area contributed by atoms with E-state index < -0.39 is 5.91 Å². The number of aromatic nitrogens is 1. The van der Waals surface area contributed by atoms with Gasteiger partial charge < -0.3 is 18.9 Å². The summed E-state index contributed by atoms with van der Waals surface area (Å²) in [6, 6.07) is 10.4. The van der Waals surface area contributed by atoms with Gasteiger partial charge in [-0.25, -0.2) is 10.4 Å². The number of nitrogens with one attached hydrogen (secondary N) is 1. The summed E-state index contributed by atoms with van der Waals surface area (Å²) < 4.78 is 22.0. The molecule has 1 heterocycles. The zero-order valence-corrected chi connectivity index (χ0v) is 18.6. The lowest BCUT2D eigenvalue weighted by molar-refractivity contribution is 0.0954. The number of amides is 1. The minimum atomic E-state index is -0.426. The predicted octanol–water partition coefficient (Wildman–Crippen LogP) is 4.17. The molecule has 0 fully saturated rings. The summed E-state index contributed by atoms with van der Waals surface area (Å²) in [6.45, 7) is 0.364. The maximum absolute atomic E-state index is 12.5. The Balaban J connectivity index is 1.64. The van der Waals surface area contributed by atoms with Crippen molar-refractivity contribution in [3.8, 4) is 23.0 Å². The van der Waals surface area contributed by atoms with Gasteiger partial charge in [0.1, 0.15) is 12.4 Å². The average molecular weight is 462 g/mol. The second kappa shape index (κ2) is 10.6. The molecule has 0 unspecified atom stereocenters. The molecule has 0 spiro atoms. The minimum Gasteiger partial charge on any atom is -0.493 e. The van der Waals surface area contributed by atoms with Crippen LogP contribution in [0.2, 0.25) is 4.47 Å². The van der Waals surface area contributed by atoms with Crippen LogP contribution in [0.5, 0.6) is 23.0 Å². The zero-order valence-electron chi connectivity index (χ0n) is 17.0. The third-order valence-corrected chi connectivity index (χ3v) is 5.16. The molecule has 0 saturated carbocycles. The van der Waals surface area contributed by atoms with Crippen molar-refractivity contribution < 1.29 is 23.7 Å². The highest BCUT2D eigenvalue weighted by molar-refractivity contribution is 7.15. The van der Waals surface area contributed by atoms with Gasteiger partial charge in [0.2, 0.25) is 5.75 Å². The standard InChI is InChI=1S/C21H20ClN3O5S/c1-27-17-8-14(9-18(28-2)19(17)29-3)20(26)25-24-10-13-5-4-6-15(7-13)30-12-16-11-23-21(22)31-16/h4-11H,12H2,1-3H3,(H,25,26)/b24-10+. The molecule has 162 valence electrons. The highest BCUT2D eigenvalue weighted by atomic mass is 35.5. The third-order valence-electron chi connectivity index (χ3n) is 4.07. The lowest BCUT2D eigenvalue weighted by atomic mass is 10.1. The molecule has 0 atom stereocenters. The van der Waals surface area contributed by atoms with Crippen molar-refractivity contribution in [2.45, 2.75) is 6.61 Å². The Morgan fingerprint density at radius 3 is 2.52 bits per heavy atom. The van der Waals surface area contributed by atoms with Crippen LogP contribution < -0.4 is 24.4 Å². The predicted molar refractivity (Wildman–Crippen MR) is 119 cm³/mol. The Morgan fingerprint density at radius 1 is 1.16 bits per heavy atom. The van der Waals surface area contributed by atoms with Crippen molar-refractivity contribution in [3.63, 3.8) is 0 Å². The Labute approximate surface area is 188 Å². The molecular weight excluding hydrogens is 442 g/mol. The molecule has 0 radical (unpaired) electrons. The molecule has 0 saturated heterocycles. The lowest BCUT2D eigenvalue weighted by Crippen LogP contribution is -2.18. The first-order valence-corrected chi connectivity index (χ1v) is 10.2. The van der Waals surface area contributed by atoms with Crippen LogP contribution in [-0.2, 0) is 6.61 Å². The first-order chi connectivity index (χ1) is 15.0. The second-order valence-corrected chi connectivity index (χ2v) is 7.75. The number of nitrogens with zero attached hydrogens (tertiary/aromatic N) is 2. The van der Waals surface area contributed by atoms with Gasteiger partial charge in [-0.2, -0.15) is 5.10 Å². The van der Waals surface area contributed by atoms with Crippen molar-refractivity contribution in [2.24, 2.45) is 5.10 Å². The maximum atomic E-state index is 12.5. The monoisotopic (exact) mass is 461 g/mol. The van der Waals surface area contributed by atoms with Crippen molar-refractivity contribution in [3.05, 3.63) is 63.1 Å². The number of hydrogen-bond acceptors (Lipinski definition) is 8. The summed E-state index contributed by atoms with van der Waals surface area (Å²) in [5.41, 5.74) is 3.55. The fourth-order valence-corrected chi connectivity index (χ4v) is 3.52. The summed E-state index contributed by atoms with van der Waals surface area (Å²) in [5.74, 6) is 1.39. The molecule has 10 heteroatoms. The lowest BCUT2D eigenvalue weighted by Gasteiger charge is -2.13. The number of ether oxygens (including phenoxy) is 4. The zero-order chi connectivity index (χ0) is 22.2. The molecule has 3 rings (SSSR count). The summed E-state index contributed by atoms with van der Waals surface area (Å²) >= 11 is 7.19. The van der Waals surface area contributed by atoms with Gasteiger partial charge in [0.05, 0.1) is 32.4 Å². The number of rotatable bonds is 9. The largest absolute Gasteiger partial charge is 0.493 e. The van der Waals surface area contributed by atoms with Crippen LogP contribution in [0.3, 0.4) is 0 Å². The van der Waals surface area contributed by atoms with Crippen LogP contribution in [0.4, 0.5) is 0 Å². The fraction of sp³-hybridized carbons (Fsp3) is 0.190. The van der Waals surface area contributed by atoms with Crippen LogP contribution in [0.25, 0.3) is 0 Å². The number of benzene rings is 2. The number of hydrogen-bond donors (Lipinski definition) is 1. The van der Waals surface area contributed by atoms with E-state index in [-0.39, 0.29) is 0 Å². The molecule has 3 aromatic rings. The Morgan fingerprint density at radius 2 is 1.90 bits per heavy atom. The SMILES string of the molecule is COc1cc(C(=O)N/N=C/c2cccc(OCc3cnc(Cl)s3)c2)cc(OC)c1OC. The molecule has 1 aromatic heterocycles. The van der Waals surface area contributed by atoms with Gasteiger partial charge in [-0.15, -0.1) is 11.3 Å². The fourth-order valence-electron chi connectivity index (χ4n) is 2.63. The molecule has 31 heavy (non-hydrogen) atoms. The molecule has 0 aliphatic rings. The van der Waals surface area contributed by atoms with Gasteiger partial charge in [-0.3, -0.25) is 4.79 Å². The summed E-state index contributed by atoms with van der Waals surface area (Å²) in [7, 11) is 4.46. The second-order valence-electron chi connectivity index (χ2n) is 6.05. The number of hydrazone groups is 1. The van der Waals surface area contributed by atoms with E-state index in [1.807, 2.05) is 18.2 Å². The van der Waals surface area contributed by atoms with Gasteiger partial charge >= 0.3 is 0 Å². The van der Waals surface area contributed by atoms with E-state index >= 15 is 0 Å². The summed E-state index contributed by atoms with van der Waals surface area (Å²) in [5, 5.41) is 4.02. The molecule has 1 N–H and O–H groups in total. The van der Waals surface area contributed by atoms with Crippen LogP contribution in [-0.4, -0.2) is 38.4 Å². The molecule has 1 amide bonds. The number of carbonyl (C=O) groups is 1. The van der Waals surface area contributed by atoms with Gasteiger partial charge in [0.15, 0.2) is 16.0 Å². The van der Waals surface area contributed by atoms with Crippen LogP contribution in [0.15, 0.2) is 47.7 Å².